The van der Waals surface area contributed by atoms with E-state index in [9.17, 15) is 5.11 Å². The summed E-state index contributed by atoms with van der Waals surface area (Å²) in [7, 11) is 0. The fraction of sp³-hybridized carbons (Fsp3) is 0.600. The molecule has 2 rings (SSSR count). The van der Waals surface area contributed by atoms with Crippen molar-refractivity contribution in [2.45, 2.75) is 39.2 Å². The molecule has 2 atom stereocenters. The highest BCUT2D eigenvalue weighted by atomic mass is 16.6. The largest absolute Gasteiger partial charge is 0.486 e. The van der Waals surface area contributed by atoms with Gasteiger partial charge in [0.15, 0.2) is 11.5 Å². The molecule has 0 saturated heterocycles. The lowest BCUT2D eigenvalue weighted by molar-refractivity contribution is 0.110. The molecule has 0 aliphatic carbocycles. The second-order valence-electron chi connectivity index (χ2n) is 4.97. The molecule has 1 aromatic carbocycles. The van der Waals surface area contributed by atoms with Gasteiger partial charge in [-0.3, -0.25) is 0 Å². The number of rotatable bonds is 5. The van der Waals surface area contributed by atoms with E-state index in [0.29, 0.717) is 13.2 Å². The Hall–Kier alpha value is -1.22. The zero-order chi connectivity index (χ0) is 13.0. The molecule has 0 saturated carbocycles. The molecule has 2 unspecified atom stereocenters. The molecule has 1 aromatic rings. The molecule has 3 nitrogen and oxygen atoms in total. The Labute approximate surface area is 109 Å². The summed E-state index contributed by atoms with van der Waals surface area (Å²) in [5.41, 5.74) is 0.919. The number of fused-ring (bicyclic) bond motifs is 1. The highest BCUT2D eigenvalue weighted by Gasteiger charge is 2.19. The first-order valence-electron chi connectivity index (χ1n) is 6.80. The summed E-state index contributed by atoms with van der Waals surface area (Å²) in [5, 5.41) is 10.3. The molecule has 0 aromatic heterocycles. The number of aliphatic hydroxyl groups excluding tert-OH is 1. The summed E-state index contributed by atoms with van der Waals surface area (Å²) in [6, 6.07) is 5.72. The molecule has 0 bridgehead atoms. The minimum absolute atomic E-state index is 0.271. The van der Waals surface area contributed by atoms with E-state index in [0.717, 1.165) is 36.3 Å². The van der Waals surface area contributed by atoms with Crippen LogP contribution in [0.1, 0.15) is 44.8 Å². The summed E-state index contributed by atoms with van der Waals surface area (Å²) >= 11 is 0. The first-order chi connectivity index (χ1) is 8.72. The van der Waals surface area contributed by atoms with E-state index in [1.54, 1.807) is 0 Å². The lowest BCUT2D eigenvalue weighted by Crippen LogP contribution is -2.16. The van der Waals surface area contributed by atoms with Gasteiger partial charge in [-0.15, -0.1) is 0 Å². The third-order valence-electron chi connectivity index (χ3n) is 3.46. The van der Waals surface area contributed by atoms with E-state index in [1.165, 1.54) is 0 Å². The fourth-order valence-corrected chi connectivity index (χ4v) is 2.26. The van der Waals surface area contributed by atoms with Crippen molar-refractivity contribution in [2.24, 2.45) is 5.92 Å². The minimum atomic E-state index is -0.424. The van der Waals surface area contributed by atoms with E-state index in [2.05, 4.69) is 13.8 Å². The van der Waals surface area contributed by atoms with Crippen molar-refractivity contribution in [3.63, 3.8) is 0 Å². The predicted octanol–water partition coefficient (Wildman–Crippen LogP) is 3.32. The molecular formula is C15H22O3. The highest BCUT2D eigenvalue weighted by molar-refractivity contribution is 5.44. The van der Waals surface area contributed by atoms with Gasteiger partial charge in [0.1, 0.15) is 13.2 Å². The molecule has 0 spiro atoms. The third kappa shape index (κ3) is 2.96. The van der Waals surface area contributed by atoms with Crippen LogP contribution in [0.25, 0.3) is 0 Å². The van der Waals surface area contributed by atoms with Crippen LogP contribution in [-0.2, 0) is 0 Å². The van der Waals surface area contributed by atoms with Gasteiger partial charge in [-0.1, -0.05) is 32.8 Å². The standard InChI is InChI=1S/C15H22O3/c1-3-4-5-11(2)15(16)12-6-7-13-14(10-12)18-9-8-17-13/h6-7,10-11,15-16H,3-5,8-9H2,1-2H3. The van der Waals surface area contributed by atoms with Crippen molar-refractivity contribution in [3.05, 3.63) is 23.8 Å². The molecule has 1 aliphatic heterocycles. The van der Waals surface area contributed by atoms with Crippen LogP contribution in [0, 0.1) is 5.92 Å². The molecule has 1 heterocycles. The van der Waals surface area contributed by atoms with Crippen LogP contribution in [-0.4, -0.2) is 18.3 Å². The van der Waals surface area contributed by atoms with E-state index in [1.807, 2.05) is 18.2 Å². The van der Waals surface area contributed by atoms with Gasteiger partial charge < -0.3 is 14.6 Å². The van der Waals surface area contributed by atoms with Gasteiger partial charge >= 0.3 is 0 Å². The molecule has 18 heavy (non-hydrogen) atoms. The van der Waals surface area contributed by atoms with Crippen LogP contribution in [0.4, 0.5) is 0 Å². The Balaban J connectivity index is 2.08. The van der Waals surface area contributed by atoms with Gasteiger partial charge in [-0.25, -0.2) is 0 Å². The van der Waals surface area contributed by atoms with Crippen LogP contribution in [0.2, 0.25) is 0 Å². The van der Waals surface area contributed by atoms with Gasteiger partial charge in [-0.2, -0.15) is 0 Å². The van der Waals surface area contributed by atoms with Gasteiger partial charge in [-0.05, 0) is 30.0 Å². The van der Waals surface area contributed by atoms with Crippen molar-refractivity contribution < 1.29 is 14.6 Å². The summed E-state index contributed by atoms with van der Waals surface area (Å²) < 4.78 is 11.0. The van der Waals surface area contributed by atoms with Crippen molar-refractivity contribution in [2.75, 3.05) is 13.2 Å². The van der Waals surface area contributed by atoms with Crippen LogP contribution in [0.15, 0.2) is 18.2 Å². The predicted molar refractivity (Wildman–Crippen MR) is 71.1 cm³/mol. The molecule has 1 aliphatic rings. The zero-order valence-corrected chi connectivity index (χ0v) is 11.2. The number of ether oxygens (including phenoxy) is 2. The summed E-state index contributed by atoms with van der Waals surface area (Å²) in [4.78, 5) is 0. The highest BCUT2D eigenvalue weighted by Crippen LogP contribution is 2.35. The van der Waals surface area contributed by atoms with Crippen LogP contribution < -0.4 is 9.47 Å². The van der Waals surface area contributed by atoms with Gasteiger partial charge in [0.25, 0.3) is 0 Å². The van der Waals surface area contributed by atoms with Crippen LogP contribution in [0.5, 0.6) is 11.5 Å². The monoisotopic (exact) mass is 250 g/mol. The second kappa shape index (κ2) is 6.10. The van der Waals surface area contributed by atoms with Crippen LogP contribution in [0.3, 0.4) is 0 Å². The molecule has 0 radical (unpaired) electrons. The van der Waals surface area contributed by atoms with E-state index in [4.69, 9.17) is 9.47 Å². The Morgan fingerprint density at radius 2 is 1.94 bits per heavy atom. The quantitative estimate of drug-likeness (QED) is 0.871. The van der Waals surface area contributed by atoms with Crippen molar-refractivity contribution in [1.29, 1.82) is 0 Å². The smallest absolute Gasteiger partial charge is 0.161 e. The summed E-state index contributed by atoms with van der Waals surface area (Å²) in [6.07, 6.45) is 2.94. The van der Waals surface area contributed by atoms with Crippen molar-refractivity contribution in [1.82, 2.24) is 0 Å². The van der Waals surface area contributed by atoms with E-state index >= 15 is 0 Å². The summed E-state index contributed by atoms with van der Waals surface area (Å²) in [6.45, 7) is 5.44. The molecule has 100 valence electrons. The number of hydrogen-bond donors (Lipinski definition) is 1. The Morgan fingerprint density at radius 3 is 2.67 bits per heavy atom. The Kier molecular flexibility index (Phi) is 4.48. The number of hydrogen-bond acceptors (Lipinski definition) is 3. The molecular weight excluding hydrogens is 228 g/mol. The topological polar surface area (TPSA) is 38.7 Å². The first-order valence-corrected chi connectivity index (χ1v) is 6.80. The zero-order valence-electron chi connectivity index (χ0n) is 11.2. The maximum Gasteiger partial charge on any atom is 0.161 e. The summed E-state index contributed by atoms with van der Waals surface area (Å²) in [5.74, 6) is 1.80. The normalized spacial score (nSPS) is 17.3. The van der Waals surface area contributed by atoms with Gasteiger partial charge in [0.2, 0.25) is 0 Å². The average Bonchev–Trinajstić information content (AvgIpc) is 2.43. The average molecular weight is 250 g/mol. The lowest BCUT2D eigenvalue weighted by Gasteiger charge is -2.22. The fourth-order valence-electron chi connectivity index (χ4n) is 2.26. The maximum atomic E-state index is 10.3. The Bertz CT molecular complexity index is 389. The lowest BCUT2D eigenvalue weighted by atomic mass is 9.92. The number of benzene rings is 1. The SMILES string of the molecule is CCCCC(C)C(O)c1ccc2c(c1)OCCO2. The first kappa shape index (κ1) is 13.2. The molecule has 0 fully saturated rings. The van der Waals surface area contributed by atoms with Crippen LogP contribution >= 0.6 is 0 Å². The maximum absolute atomic E-state index is 10.3. The van der Waals surface area contributed by atoms with E-state index < -0.39 is 6.10 Å². The second-order valence-corrected chi connectivity index (χ2v) is 4.97. The molecule has 3 heteroatoms. The Morgan fingerprint density at radius 1 is 1.22 bits per heavy atom. The number of unbranched alkanes of at least 4 members (excludes halogenated alkanes) is 1. The number of aliphatic hydroxyl groups is 1. The van der Waals surface area contributed by atoms with Crippen molar-refractivity contribution in [3.8, 4) is 11.5 Å². The van der Waals surface area contributed by atoms with Gasteiger partial charge in [0, 0.05) is 0 Å². The van der Waals surface area contributed by atoms with E-state index in [-0.39, 0.29) is 5.92 Å². The minimum Gasteiger partial charge on any atom is -0.486 e. The molecule has 0 amide bonds. The molecule has 1 N–H and O–H groups in total. The van der Waals surface area contributed by atoms with Crippen molar-refractivity contribution >= 4 is 0 Å². The van der Waals surface area contributed by atoms with Gasteiger partial charge in [0.05, 0.1) is 6.10 Å². The third-order valence-corrected chi connectivity index (χ3v) is 3.46.